The van der Waals surface area contributed by atoms with Crippen LogP contribution in [0, 0.1) is 0 Å². The number of benzene rings is 1. The van der Waals surface area contributed by atoms with Gasteiger partial charge in [0.2, 0.25) is 0 Å². The van der Waals surface area contributed by atoms with Crippen molar-refractivity contribution < 1.29 is 4.74 Å². The Hall–Kier alpha value is -1.45. The summed E-state index contributed by atoms with van der Waals surface area (Å²) >= 11 is 0. The van der Waals surface area contributed by atoms with Crippen LogP contribution in [0.4, 0.5) is 0 Å². The fraction of sp³-hybridized carbons (Fsp3) is 0.471. The predicted molar refractivity (Wildman–Crippen MR) is 83.9 cm³/mol. The van der Waals surface area contributed by atoms with Crippen molar-refractivity contribution in [1.82, 2.24) is 10.3 Å². The standard InChI is InChI=1S/C17H24N2O/c1-3-9-18-17(13-20-11-4-2)15-8-7-14-6-5-10-19-16(14)12-15/h5-8,10,12,17-18H,3-4,9,11,13H2,1-2H3. The molecule has 0 saturated heterocycles. The summed E-state index contributed by atoms with van der Waals surface area (Å²) in [6.45, 7) is 6.84. The number of aromatic nitrogens is 1. The smallest absolute Gasteiger partial charge is 0.0705 e. The Morgan fingerprint density at radius 2 is 2.10 bits per heavy atom. The van der Waals surface area contributed by atoms with Crippen molar-refractivity contribution in [3.05, 3.63) is 42.1 Å². The SMILES string of the molecule is CCCNC(COCCC)c1ccc2cccnc2c1. The summed E-state index contributed by atoms with van der Waals surface area (Å²) < 4.78 is 5.73. The summed E-state index contributed by atoms with van der Waals surface area (Å²) in [5.74, 6) is 0. The maximum absolute atomic E-state index is 5.73. The fourth-order valence-corrected chi connectivity index (χ4v) is 2.24. The monoisotopic (exact) mass is 272 g/mol. The number of hydrogen-bond donors (Lipinski definition) is 1. The lowest BCUT2D eigenvalue weighted by Crippen LogP contribution is -2.26. The zero-order valence-electron chi connectivity index (χ0n) is 12.4. The molecule has 1 aromatic heterocycles. The minimum absolute atomic E-state index is 0.243. The summed E-state index contributed by atoms with van der Waals surface area (Å²) in [4.78, 5) is 4.43. The molecule has 0 spiro atoms. The van der Waals surface area contributed by atoms with Crippen LogP contribution in [0.2, 0.25) is 0 Å². The number of ether oxygens (including phenoxy) is 1. The first kappa shape index (κ1) is 14.9. The highest BCUT2D eigenvalue weighted by atomic mass is 16.5. The van der Waals surface area contributed by atoms with Gasteiger partial charge >= 0.3 is 0 Å². The Balaban J connectivity index is 2.15. The number of rotatable bonds is 8. The van der Waals surface area contributed by atoms with Gasteiger partial charge in [-0.1, -0.05) is 32.0 Å². The van der Waals surface area contributed by atoms with Crippen molar-refractivity contribution in [2.75, 3.05) is 19.8 Å². The third-order valence-electron chi connectivity index (χ3n) is 3.31. The van der Waals surface area contributed by atoms with Gasteiger partial charge in [0, 0.05) is 18.2 Å². The van der Waals surface area contributed by atoms with E-state index in [1.165, 1.54) is 10.9 Å². The Morgan fingerprint density at radius 3 is 2.90 bits per heavy atom. The van der Waals surface area contributed by atoms with Crippen LogP contribution in [0.5, 0.6) is 0 Å². The molecule has 1 N–H and O–H groups in total. The molecule has 2 rings (SSSR count). The summed E-state index contributed by atoms with van der Waals surface area (Å²) in [6, 6.07) is 10.8. The zero-order chi connectivity index (χ0) is 14.2. The first-order chi connectivity index (χ1) is 9.85. The maximum atomic E-state index is 5.73. The Bertz CT molecular complexity index is 527. The minimum atomic E-state index is 0.243. The molecule has 108 valence electrons. The molecule has 0 radical (unpaired) electrons. The maximum Gasteiger partial charge on any atom is 0.0705 e. The van der Waals surface area contributed by atoms with Crippen LogP contribution in [0.3, 0.4) is 0 Å². The molecule has 0 bridgehead atoms. The van der Waals surface area contributed by atoms with E-state index in [0.29, 0.717) is 6.61 Å². The molecular formula is C17H24N2O. The Morgan fingerprint density at radius 1 is 1.20 bits per heavy atom. The van der Waals surface area contributed by atoms with E-state index in [1.807, 2.05) is 12.3 Å². The van der Waals surface area contributed by atoms with Crippen LogP contribution in [0.1, 0.15) is 38.3 Å². The van der Waals surface area contributed by atoms with E-state index in [4.69, 9.17) is 4.74 Å². The average molecular weight is 272 g/mol. The van der Waals surface area contributed by atoms with E-state index in [-0.39, 0.29) is 6.04 Å². The molecule has 0 aliphatic rings. The molecule has 0 aliphatic heterocycles. The lowest BCUT2D eigenvalue weighted by atomic mass is 10.0. The third kappa shape index (κ3) is 4.02. The van der Waals surface area contributed by atoms with Gasteiger partial charge in [-0.2, -0.15) is 0 Å². The van der Waals surface area contributed by atoms with Crippen molar-refractivity contribution in [3.63, 3.8) is 0 Å². The molecule has 1 atom stereocenters. The lowest BCUT2D eigenvalue weighted by Gasteiger charge is -2.19. The highest BCUT2D eigenvalue weighted by Crippen LogP contribution is 2.19. The molecule has 0 amide bonds. The number of hydrogen-bond acceptors (Lipinski definition) is 3. The highest BCUT2D eigenvalue weighted by molar-refractivity contribution is 5.78. The largest absolute Gasteiger partial charge is 0.379 e. The van der Waals surface area contributed by atoms with E-state index in [0.717, 1.165) is 31.5 Å². The van der Waals surface area contributed by atoms with Crippen LogP contribution < -0.4 is 5.32 Å². The fourth-order valence-electron chi connectivity index (χ4n) is 2.24. The van der Waals surface area contributed by atoms with Crippen LogP contribution in [0.25, 0.3) is 10.9 Å². The highest BCUT2D eigenvalue weighted by Gasteiger charge is 2.11. The van der Waals surface area contributed by atoms with Crippen LogP contribution in [0.15, 0.2) is 36.5 Å². The first-order valence-corrected chi connectivity index (χ1v) is 7.51. The van der Waals surface area contributed by atoms with Gasteiger partial charge in [0.15, 0.2) is 0 Å². The van der Waals surface area contributed by atoms with E-state index in [1.54, 1.807) is 0 Å². The van der Waals surface area contributed by atoms with E-state index < -0.39 is 0 Å². The Labute approximate surface area is 121 Å². The van der Waals surface area contributed by atoms with Crippen LogP contribution >= 0.6 is 0 Å². The molecular weight excluding hydrogens is 248 g/mol. The zero-order valence-corrected chi connectivity index (χ0v) is 12.4. The predicted octanol–water partition coefficient (Wildman–Crippen LogP) is 3.70. The van der Waals surface area contributed by atoms with Crippen molar-refractivity contribution >= 4 is 10.9 Å². The molecule has 3 heteroatoms. The second kappa shape index (κ2) is 7.98. The van der Waals surface area contributed by atoms with Crippen molar-refractivity contribution in [3.8, 4) is 0 Å². The summed E-state index contributed by atoms with van der Waals surface area (Å²) in [5.41, 5.74) is 2.30. The quantitative estimate of drug-likeness (QED) is 0.744. The van der Waals surface area contributed by atoms with Gasteiger partial charge in [-0.25, -0.2) is 0 Å². The normalized spacial score (nSPS) is 12.7. The molecule has 0 fully saturated rings. The molecule has 3 nitrogen and oxygen atoms in total. The molecule has 20 heavy (non-hydrogen) atoms. The summed E-state index contributed by atoms with van der Waals surface area (Å²) in [5, 5.41) is 4.74. The molecule has 1 unspecified atom stereocenters. The van der Waals surface area contributed by atoms with Crippen molar-refractivity contribution in [1.29, 1.82) is 0 Å². The first-order valence-electron chi connectivity index (χ1n) is 7.51. The van der Waals surface area contributed by atoms with E-state index >= 15 is 0 Å². The van der Waals surface area contributed by atoms with E-state index in [2.05, 4.69) is 48.4 Å². The molecule has 0 saturated carbocycles. The average Bonchev–Trinajstić information content (AvgIpc) is 2.50. The minimum Gasteiger partial charge on any atom is -0.379 e. The van der Waals surface area contributed by atoms with Crippen LogP contribution in [-0.4, -0.2) is 24.7 Å². The van der Waals surface area contributed by atoms with Gasteiger partial charge < -0.3 is 10.1 Å². The van der Waals surface area contributed by atoms with Gasteiger partial charge in [-0.15, -0.1) is 0 Å². The summed E-state index contributed by atoms with van der Waals surface area (Å²) in [7, 11) is 0. The van der Waals surface area contributed by atoms with Gasteiger partial charge in [0.1, 0.15) is 0 Å². The number of pyridine rings is 1. The van der Waals surface area contributed by atoms with Gasteiger partial charge in [-0.05, 0) is 37.1 Å². The molecule has 1 heterocycles. The number of fused-ring (bicyclic) bond motifs is 1. The third-order valence-corrected chi connectivity index (χ3v) is 3.31. The van der Waals surface area contributed by atoms with Crippen LogP contribution in [-0.2, 0) is 4.74 Å². The molecule has 1 aromatic carbocycles. The second-order valence-electron chi connectivity index (χ2n) is 5.04. The van der Waals surface area contributed by atoms with Crippen molar-refractivity contribution in [2.24, 2.45) is 0 Å². The van der Waals surface area contributed by atoms with Gasteiger partial charge in [0.05, 0.1) is 18.2 Å². The molecule has 0 aliphatic carbocycles. The van der Waals surface area contributed by atoms with Gasteiger partial charge in [-0.3, -0.25) is 4.98 Å². The molecule has 2 aromatic rings. The van der Waals surface area contributed by atoms with Gasteiger partial charge in [0.25, 0.3) is 0 Å². The number of nitrogens with zero attached hydrogens (tertiary/aromatic N) is 1. The topological polar surface area (TPSA) is 34.1 Å². The second-order valence-corrected chi connectivity index (χ2v) is 5.04. The summed E-state index contributed by atoms with van der Waals surface area (Å²) in [6.07, 6.45) is 4.02. The van der Waals surface area contributed by atoms with E-state index in [9.17, 15) is 0 Å². The Kier molecular flexibility index (Phi) is 5.96. The number of nitrogens with one attached hydrogen (secondary N) is 1. The lowest BCUT2D eigenvalue weighted by molar-refractivity contribution is 0.112. The van der Waals surface area contributed by atoms with Crippen molar-refractivity contribution in [2.45, 2.75) is 32.7 Å².